The van der Waals surface area contributed by atoms with E-state index in [0.29, 0.717) is 10.4 Å². The van der Waals surface area contributed by atoms with E-state index >= 15 is 0 Å². The molecule has 2 nitrogen and oxygen atoms in total. The molecule has 5 heteroatoms. The molecule has 0 aromatic heterocycles. The van der Waals surface area contributed by atoms with E-state index in [0.717, 1.165) is 5.56 Å². The third kappa shape index (κ3) is 5.28. The summed E-state index contributed by atoms with van der Waals surface area (Å²) in [5.41, 5.74) is 0.790. The minimum absolute atomic E-state index is 0.292. The fourth-order valence-electron chi connectivity index (χ4n) is 1.12. The van der Waals surface area contributed by atoms with E-state index in [1.807, 2.05) is 0 Å². The molecule has 0 heterocycles. The first-order valence-electron chi connectivity index (χ1n) is 5.15. The van der Waals surface area contributed by atoms with Crippen LogP contribution in [0.2, 0.25) is 19.6 Å². The van der Waals surface area contributed by atoms with Crippen LogP contribution in [0, 0.1) is 5.82 Å². The highest BCUT2D eigenvalue weighted by Gasteiger charge is 2.16. The third-order valence-corrected chi connectivity index (χ3v) is 3.18. The average molecular weight is 316 g/mol. The van der Waals surface area contributed by atoms with Gasteiger partial charge in [-0.15, -0.1) is 0 Å². The van der Waals surface area contributed by atoms with Crippen molar-refractivity contribution in [3.05, 3.63) is 46.5 Å². The molecule has 0 aliphatic rings. The Kier molecular flexibility index (Phi) is 4.65. The first-order chi connectivity index (χ1) is 7.78. The van der Waals surface area contributed by atoms with Crippen molar-refractivity contribution in [2.75, 3.05) is 0 Å². The van der Waals surface area contributed by atoms with Crippen molar-refractivity contribution in [1.82, 2.24) is 0 Å². The lowest BCUT2D eigenvalue weighted by molar-refractivity contribution is 0.421. The number of rotatable bonds is 4. The maximum Gasteiger partial charge on any atom is 0.244 e. The molecule has 0 spiro atoms. The summed E-state index contributed by atoms with van der Waals surface area (Å²) in [6.45, 7) is 9.90. The molecule has 1 aromatic carbocycles. The SMILES string of the molecule is C=C(N=Cc1ccc(F)c(Br)c1)O[Si](C)(C)C. The molecule has 0 radical (unpaired) electrons. The van der Waals surface area contributed by atoms with Gasteiger partial charge in [0.05, 0.1) is 4.47 Å². The summed E-state index contributed by atoms with van der Waals surface area (Å²) in [5, 5.41) is 0. The fourth-order valence-corrected chi connectivity index (χ4v) is 2.28. The van der Waals surface area contributed by atoms with Gasteiger partial charge >= 0.3 is 0 Å². The Hall–Kier alpha value is -0.943. The van der Waals surface area contributed by atoms with Crippen molar-refractivity contribution >= 4 is 30.5 Å². The normalized spacial score (nSPS) is 11.8. The van der Waals surface area contributed by atoms with E-state index in [2.05, 4.69) is 47.1 Å². The predicted molar refractivity (Wildman–Crippen MR) is 75.3 cm³/mol. The highest BCUT2D eigenvalue weighted by molar-refractivity contribution is 9.10. The zero-order valence-electron chi connectivity index (χ0n) is 10.1. The van der Waals surface area contributed by atoms with Gasteiger partial charge in [0.15, 0.2) is 5.88 Å². The lowest BCUT2D eigenvalue weighted by Gasteiger charge is -2.17. The molecule has 0 saturated heterocycles. The summed E-state index contributed by atoms with van der Waals surface area (Å²) in [7, 11) is -1.66. The molecule has 17 heavy (non-hydrogen) atoms. The highest BCUT2D eigenvalue weighted by atomic mass is 79.9. The maximum atomic E-state index is 13.0. The van der Waals surface area contributed by atoms with Crippen molar-refractivity contribution in [1.29, 1.82) is 0 Å². The van der Waals surface area contributed by atoms with E-state index < -0.39 is 8.32 Å². The van der Waals surface area contributed by atoms with E-state index in [9.17, 15) is 4.39 Å². The summed E-state index contributed by atoms with van der Waals surface area (Å²) in [5.74, 6) is 0.101. The Labute approximate surface area is 110 Å². The number of hydrogen-bond acceptors (Lipinski definition) is 2. The highest BCUT2D eigenvalue weighted by Crippen LogP contribution is 2.16. The van der Waals surface area contributed by atoms with Crippen molar-refractivity contribution in [3.8, 4) is 0 Å². The van der Waals surface area contributed by atoms with Crippen LogP contribution in [-0.2, 0) is 4.43 Å². The van der Waals surface area contributed by atoms with Gasteiger partial charge in [0.1, 0.15) is 5.82 Å². The summed E-state index contributed by atoms with van der Waals surface area (Å²) < 4.78 is 19.0. The fraction of sp³-hybridized carbons (Fsp3) is 0.250. The van der Waals surface area contributed by atoms with Gasteiger partial charge < -0.3 is 4.43 Å². The largest absolute Gasteiger partial charge is 0.532 e. The average Bonchev–Trinajstić information content (AvgIpc) is 2.17. The second-order valence-corrected chi connectivity index (χ2v) is 9.82. The summed E-state index contributed by atoms with van der Waals surface area (Å²) in [4.78, 5) is 4.10. The molecule has 0 amide bonds. The molecule has 0 unspecified atom stereocenters. The quantitative estimate of drug-likeness (QED) is 0.460. The lowest BCUT2D eigenvalue weighted by atomic mass is 10.2. The second kappa shape index (κ2) is 5.60. The molecule has 0 bridgehead atoms. The molecule has 0 fully saturated rings. The topological polar surface area (TPSA) is 21.6 Å². The minimum atomic E-state index is -1.66. The maximum absolute atomic E-state index is 13.0. The molecule has 0 atom stereocenters. The number of halogens is 2. The predicted octanol–water partition coefficient (Wildman–Crippen LogP) is 4.33. The first-order valence-corrected chi connectivity index (χ1v) is 9.35. The van der Waals surface area contributed by atoms with Crippen LogP contribution in [-0.4, -0.2) is 14.5 Å². The summed E-state index contributed by atoms with van der Waals surface area (Å²) in [6.07, 6.45) is 1.60. The molecule has 0 aliphatic carbocycles. The van der Waals surface area contributed by atoms with Gasteiger partial charge in [0, 0.05) is 6.21 Å². The summed E-state index contributed by atoms with van der Waals surface area (Å²) in [6, 6.07) is 4.68. The van der Waals surface area contributed by atoms with E-state index in [1.165, 1.54) is 6.07 Å². The van der Waals surface area contributed by atoms with Gasteiger partial charge in [-0.2, -0.15) is 0 Å². The molecule has 0 aliphatic heterocycles. The molecule has 1 aromatic rings. The van der Waals surface area contributed by atoms with Crippen LogP contribution in [0.3, 0.4) is 0 Å². The molecule has 0 N–H and O–H groups in total. The molecule has 92 valence electrons. The van der Waals surface area contributed by atoms with Gasteiger partial charge in [-0.25, -0.2) is 9.38 Å². The minimum Gasteiger partial charge on any atom is -0.532 e. The van der Waals surface area contributed by atoms with E-state index in [1.54, 1.807) is 18.3 Å². The Balaban J connectivity index is 2.71. The van der Waals surface area contributed by atoms with Crippen molar-refractivity contribution < 1.29 is 8.82 Å². The smallest absolute Gasteiger partial charge is 0.244 e. The number of nitrogens with zero attached hydrogens (tertiary/aromatic N) is 1. The van der Waals surface area contributed by atoms with Crippen LogP contribution in [0.4, 0.5) is 4.39 Å². The Bertz CT molecular complexity index is 454. The third-order valence-electron chi connectivity index (χ3n) is 1.73. The Morgan fingerprint density at radius 3 is 2.65 bits per heavy atom. The van der Waals surface area contributed by atoms with Gasteiger partial charge in [-0.3, -0.25) is 0 Å². The standard InChI is InChI=1S/C12H15BrFNOSi/c1-9(16-17(2,3)4)15-8-10-5-6-12(14)11(13)7-10/h5-8H,1H2,2-4H3. The molecule has 1 rings (SSSR count). The monoisotopic (exact) mass is 315 g/mol. The van der Waals surface area contributed by atoms with Gasteiger partial charge in [-0.05, 0) is 59.8 Å². The Morgan fingerprint density at radius 1 is 1.47 bits per heavy atom. The zero-order valence-corrected chi connectivity index (χ0v) is 12.7. The van der Waals surface area contributed by atoms with Gasteiger partial charge in [0.25, 0.3) is 0 Å². The first kappa shape index (κ1) is 14.1. The van der Waals surface area contributed by atoms with Crippen molar-refractivity contribution in [3.63, 3.8) is 0 Å². The number of benzene rings is 1. The van der Waals surface area contributed by atoms with Crippen LogP contribution in [0.5, 0.6) is 0 Å². The number of aliphatic imine (C=N–C) groups is 1. The van der Waals surface area contributed by atoms with Gasteiger partial charge in [-0.1, -0.05) is 6.07 Å². The van der Waals surface area contributed by atoms with Crippen LogP contribution < -0.4 is 0 Å². The Morgan fingerprint density at radius 2 is 2.12 bits per heavy atom. The molecular formula is C12H15BrFNOSi. The summed E-state index contributed by atoms with van der Waals surface area (Å²) >= 11 is 3.12. The van der Waals surface area contributed by atoms with Crippen molar-refractivity contribution in [2.45, 2.75) is 19.6 Å². The van der Waals surface area contributed by atoms with Crippen LogP contribution in [0.25, 0.3) is 0 Å². The van der Waals surface area contributed by atoms with Crippen LogP contribution >= 0.6 is 15.9 Å². The lowest BCUT2D eigenvalue weighted by Crippen LogP contribution is -2.24. The van der Waals surface area contributed by atoms with Crippen LogP contribution in [0.1, 0.15) is 5.56 Å². The van der Waals surface area contributed by atoms with Crippen LogP contribution in [0.15, 0.2) is 40.1 Å². The molecule has 0 saturated carbocycles. The van der Waals surface area contributed by atoms with E-state index in [-0.39, 0.29) is 5.82 Å². The number of hydrogen-bond donors (Lipinski definition) is 0. The second-order valence-electron chi connectivity index (χ2n) is 4.54. The van der Waals surface area contributed by atoms with Crippen molar-refractivity contribution in [2.24, 2.45) is 4.99 Å². The zero-order chi connectivity index (χ0) is 13.1. The van der Waals surface area contributed by atoms with Gasteiger partial charge in [0.2, 0.25) is 8.32 Å². The molecular weight excluding hydrogens is 301 g/mol. The van der Waals surface area contributed by atoms with E-state index in [4.69, 9.17) is 4.43 Å².